The van der Waals surface area contributed by atoms with Crippen molar-refractivity contribution >= 4 is 29.3 Å². The van der Waals surface area contributed by atoms with Crippen LogP contribution in [0.2, 0.25) is 0 Å². The molecule has 0 aliphatic carbocycles. The van der Waals surface area contributed by atoms with Gasteiger partial charge < -0.3 is 10.6 Å². The maximum Gasteiger partial charge on any atom is 0.315 e. The first-order chi connectivity index (χ1) is 11.8. The van der Waals surface area contributed by atoms with E-state index in [-0.39, 0.29) is 28.9 Å². The Morgan fingerprint density at radius 3 is 2.15 bits per heavy atom. The summed E-state index contributed by atoms with van der Waals surface area (Å²) in [6.07, 6.45) is 0. The molecule has 0 radical (unpaired) electrons. The molecule has 2 amide bonds. The van der Waals surface area contributed by atoms with Gasteiger partial charge in [0.25, 0.3) is 0 Å². The second kappa shape index (κ2) is 9.47. The number of thiophene rings is 1. The molecule has 0 bridgehead atoms. The van der Waals surface area contributed by atoms with Crippen molar-refractivity contribution in [3.05, 3.63) is 17.5 Å². The molecule has 4 nitrogen and oxygen atoms in total. The van der Waals surface area contributed by atoms with Crippen LogP contribution >= 0.6 is 23.3 Å². The van der Waals surface area contributed by atoms with Crippen molar-refractivity contribution in [2.75, 3.05) is 6.54 Å². The Morgan fingerprint density at radius 2 is 1.73 bits per heavy atom. The van der Waals surface area contributed by atoms with Gasteiger partial charge in [0.15, 0.2) is 0 Å². The van der Waals surface area contributed by atoms with E-state index in [1.54, 1.807) is 23.3 Å². The lowest BCUT2D eigenvalue weighted by Crippen LogP contribution is -2.55. The number of nitrogens with zero attached hydrogens (tertiary/aromatic N) is 1. The molecule has 26 heavy (non-hydrogen) atoms. The molecule has 0 saturated carbocycles. The van der Waals surface area contributed by atoms with Crippen molar-refractivity contribution in [2.24, 2.45) is 10.8 Å². The van der Waals surface area contributed by atoms with E-state index in [1.807, 2.05) is 0 Å². The molecule has 2 unspecified atom stereocenters. The van der Waals surface area contributed by atoms with E-state index in [0.717, 1.165) is 6.54 Å². The zero-order valence-corrected chi connectivity index (χ0v) is 19.5. The number of rotatable bonds is 7. The lowest BCUT2D eigenvalue weighted by Gasteiger charge is -2.37. The van der Waals surface area contributed by atoms with Gasteiger partial charge in [0, 0.05) is 24.7 Å². The normalized spacial score (nSPS) is 15.2. The van der Waals surface area contributed by atoms with Crippen LogP contribution in [0.25, 0.3) is 0 Å². The summed E-state index contributed by atoms with van der Waals surface area (Å²) < 4.78 is 3.63. The first-order valence-electron chi connectivity index (χ1n) is 9.36. The molecule has 2 atom stereocenters. The Bertz CT molecular complexity index is 544. The first kappa shape index (κ1) is 23.3. The minimum absolute atomic E-state index is 0.0353. The minimum Gasteiger partial charge on any atom is -0.335 e. The lowest BCUT2D eigenvalue weighted by molar-refractivity contribution is 0.190. The standard InChI is InChI=1S/C20H37N3OS2/c1-14(2)23(26-17-11-10-12-25-17)13-16(20(7,8)9)22-18(24)21-15(3)19(4,5)6/h10-12,14-16H,13H2,1-9H3,(H2,21,22,24). The van der Waals surface area contributed by atoms with E-state index in [2.05, 4.69) is 94.8 Å². The van der Waals surface area contributed by atoms with Gasteiger partial charge in [-0.15, -0.1) is 11.3 Å². The zero-order valence-electron chi connectivity index (χ0n) is 17.8. The van der Waals surface area contributed by atoms with Crippen LogP contribution in [0.4, 0.5) is 4.79 Å². The van der Waals surface area contributed by atoms with Crippen LogP contribution in [0.1, 0.15) is 62.3 Å². The number of urea groups is 1. The van der Waals surface area contributed by atoms with Gasteiger partial charge in [0.2, 0.25) is 0 Å². The van der Waals surface area contributed by atoms with Gasteiger partial charge in [-0.05, 0) is 55.0 Å². The predicted molar refractivity (Wildman–Crippen MR) is 116 cm³/mol. The van der Waals surface area contributed by atoms with Crippen molar-refractivity contribution in [1.29, 1.82) is 0 Å². The number of nitrogens with one attached hydrogen (secondary N) is 2. The maximum absolute atomic E-state index is 12.6. The molecule has 0 saturated heterocycles. The van der Waals surface area contributed by atoms with Crippen molar-refractivity contribution in [3.8, 4) is 0 Å². The third-order valence-corrected chi connectivity index (χ3v) is 6.93. The fraction of sp³-hybridized carbons (Fsp3) is 0.750. The second-order valence-electron chi connectivity index (χ2n) is 9.34. The Kier molecular flexibility index (Phi) is 8.49. The van der Waals surface area contributed by atoms with Crippen LogP contribution < -0.4 is 10.6 Å². The molecule has 0 aromatic carbocycles. The molecule has 0 fully saturated rings. The highest BCUT2D eigenvalue weighted by atomic mass is 32.2. The lowest BCUT2D eigenvalue weighted by atomic mass is 9.86. The Labute approximate surface area is 168 Å². The topological polar surface area (TPSA) is 44.4 Å². The Balaban J connectivity index is 2.80. The summed E-state index contributed by atoms with van der Waals surface area (Å²) in [5.41, 5.74) is -0.000972. The number of amides is 2. The predicted octanol–water partition coefficient (Wildman–Crippen LogP) is 5.61. The average Bonchev–Trinajstić information content (AvgIpc) is 2.96. The minimum atomic E-state index is -0.0859. The fourth-order valence-corrected chi connectivity index (χ4v) is 3.99. The van der Waals surface area contributed by atoms with E-state index < -0.39 is 0 Å². The van der Waals surface area contributed by atoms with Gasteiger partial charge in [0.05, 0.1) is 4.21 Å². The van der Waals surface area contributed by atoms with Crippen LogP contribution in [-0.4, -0.2) is 35.0 Å². The van der Waals surface area contributed by atoms with Crippen LogP contribution in [0.5, 0.6) is 0 Å². The molecule has 0 aliphatic rings. The van der Waals surface area contributed by atoms with Gasteiger partial charge in [-0.2, -0.15) is 0 Å². The third-order valence-electron chi connectivity index (χ3n) is 4.64. The van der Waals surface area contributed by atoms with E-state index in [4.69, 9.17) is 0 Å². The molecule has 6 heteroatoms. The molecule has 1 aromatic rings. The first-order valence-corrected chi connectivity index (χ1v) is 11.0. The van der Waals surface area contributed by atoms with Crippen molar-refractivity contribution in [3.63, 3.8) is 0 Å². The molecule has 2 N–H and O–H groups in total. The van der Waals surface area contributed by atoms with E-state index in [1.165, 1.54) is 4.21 Å². The molecule has 150 valence electrons. The molecule has 0 spiro atoms. The molecule has 0 aliphatic heterocycles. The van der Waals surface area contributed by atoms with Gasteiger partial charge in [-0.1, -0.05) is 47.6 Å². The van der Waals surface area contributed by atoms with Crippen molar-refractivity contribution < 1.29 is 4.79 Å². The summed E-state index contributed by atoms with van der Waals surface area (Å²) in [7, 11) is 0. The average molecular weight is 400 g/mol. The monoisotopic (exact) mass is 399 g/mol. The summed E-state index contributed by atoms with van der Waals surface area (Å²) in [4.78, 5) is 12.6. The van der Waals surface area contributed by atoms with Gasteiger partial charge in [-0.3, -0.25) is 0 Å². The van der Waals surface area contributed by atoms with Gasteiger partial charge in [0.1, 0.15) is 0 Å². The van der Waals surface area contributed by atoms with Crippen LogP contribution in [0.15, 0.2) is 21.7 Å². The molecule has 1 rings (SSSR count). The number of hydrogen-bond donors (Lipinski definition) is 2. The van der Waals surface area contributed by atoms with E-state index >= 15 is 0 Å². The molecule has 1 heterocycles. The summed E-state index contributed by atoms with van der Waals surface area (Å²) in [6.45, 7) is 20.2. The highest BCUT2D eigenvalue weighted by molar-refractivity contribution is 7.98. The van der Waals surface area contributed by atoms with Crippen LogP contribution in [-0.2, 0) is 0 Å². The van der Waals surface area contributed by atoms with E-state index in [0.29, 0.717) is 6.04 Å². The second-order valence-corrected chi connectivity index (χ2v) is 11.6. The Hall–Kier alpha value is -0.720. The van der Waals surface area contributed by atoms with Gasteiger partial charge >= 0.3 is 6.03 Å². The summed E-state index contributed by atoms with van der Waals surface area (Å²) in [5.74, 6) is 0. The van der Waals surface area contributed by atoms with Crippen LogP contribution in [0.3, 0.4) is 0 Å². The molecular weight excluding hydrogens is 362 g/mol. The zero-order chi connectivity index (χ0) is 20.1. The summed E-state index contributed by atoms with van der Waals surface area (Å²) >= 11 is 3.52. The SMILES string of the molecule is CC(C)N(CC(NC(=O)NC(C)C(C)(C)C)C(C)(C)C)Sc1cccs1. The Morgan fingerprint density at radius 1 is 1.12 bits per heavy atom. The van der Waals surface area contributed by atoms with Crippen molar-refractivity contribution in [2.45, 2.75) is 84.6 Å². The quantitative estimate of drug-likeness (QED) is 0.585. The number of carbonyl (C=O) groups excluding carboxylic acids is 1. The summed E-state index contributed by atoms with van der Waals surface area (Å²) in [5, 5.41) is 8.42. The molecule has 1 aromatic heterocycles. The summed E-state index contributed by atoms with van der Waals surface area (Å²) in [6, 6.07) is 4.66. The fourth-order valence-electron chi connectivity index (χ4n) is 2.11. The van der Waals surface area contributed by atoms with Crippen LogP contribution in [0, 0.1) is 10.8 Å². The van der Waals surface area contributed by atoms with Crippen molar-refractivity contribution in [1.82, 2.24) is 14.9 Å². The van der Waals surface area contributed by atoms with Gasteiger partial charge in [-0.25, -0.2) is 9.10 Å². The number of carbonyl (C=O) groups is 1. The third kappa shape index (κ3) is 7.89. The smallest absolute Gasteiger partial charge is 0.315 e. The highest BCUT2D eigenvalue weighted by Gasteiger charge is 2.31. The maximum atomic E-state index is 12.6. The molecular formula is C20H37N3OS2. The van der Waals surface area contributed by atoms with E-state index in [9.17, 15) is 4.79 Å². The number of hydrogen-bond acceptors (Lipinski definition) is 4. The highest BCUT2D eigenvalue weighted by Crippen LogP contribution is 2.31. The largest absolute Gasteiger partial charge is 0.335 e.